The van der Waals surface area contributed by atoms with Crippen molar-refractivity contribution >= 4 is 17.5 Å². The molecule has 0 radical (unpaired) electrons. The van der Waals surface area contributed by atoms with Crippen molar-refractivity contribution in [2.45, 2.75) is 38.5 Å². The second kappa shape index (κ2) is 5.06. The van der Waals surface area contributed by atoms with Crippen molar-refractivity contribution in [3.63, 3.8) is 0 Å². The monoisotopic (exact) mass is 257 g/mol. The topological polar surface area (TPSA) is 81.2 Å². The number of nitrogens with one attached hydrogen (secondary N) is 1. The van der Waals surface area contributed by atoms with E-state index in [9.17, 15) is 4.79 Å². The number of carbonyl (C=O) groups is 1. The number of amides is 1. The van der Waals surface area contributed by atoms with Gasteiger partial charge in [0.2, 0.25) is 5.91 Å². The maximum atomic E-state index is 11.4. The minimum absolute atomic E-state index is 0.0167. The molecule has 0 spiro atoms. The summed E-state index contributed by atoms with van der Waals surface area (Å²) in [7, 11) is 0. The molecular formula is C11H16ClN3O2. The minimum atomic E-state index is -0.0779. The maximum Gasteiger partial charge on any atom is 0.236 e. The number of carbonyl (C=O) groups excluding carboxylic acids is 1. The van der Waals surface area contributed by atoms with Crippen LogP contribution in [0, 0.1) is 12.8 Å². The van der Waals surface area contributed by atoms with Gasteiger partial charge in [0.1, 0.15) is 10.7 Å². The molecule has 2 rings (SSSR count). The Morgan fingerprint density at radius 1 is 1.47 bits per heavy atom. The van der Waals surface area contributed by atoms with Crippen LogP contribution in [0.5, 0.6) is 0 Å². The van der Waals surface area contributed by atoms with Gasteiger partial charge in [-0.15, -0.1) is 0 Å². The number of hydrazine groups is 1. The van der Waals surface area contributed by atoms with E-state index in [-0.39, 0.29) is 11.8 Å². The molecule has 0 atom stereocenters. The highest BCUT2D eigenvalue weighted by molar-refractivity contribution is 6.31. The van der Waals surface area contributed by atoms with Gasteiger partial charge in [0.15, 0.2) is 5.76 Å². The average Bonchev–Trinajstić information content (AvgIpc) is 2.69. The van der Waals surface area contributed by atoms with Crippen LogP contribution in [-0.2, 0) is 4.79 Å². The van der Waals surface area contributed by atoms with Gasteiger partial charge >= 0.3 is 0 Å². The Morgan fingerprint density at radius 3 is 2.59 bits per heavy atom. The fraction of sp³-hybridized carbons (Fsp3) is 0.636. The number of nitrogens with zero attached hydrogens (tertiary/aromatic N) is 1. The zero-order valence-electron chi connectivity index (χ0n) is 9.70. The zero-order valence-corrected chi connectivity index (χ0v) is 10.5. The average molecular weight is 258 g/mol. The fourth-order valence-electron chi connectivity index (χ4n) is 2.38. The van der Waals surface area contributed by atoms with Crippen LogP contribution in [0.3, 0.4) is 0 Å². The number of hydrogen-bond acceptors (Lipinski definition) is 4. The largest absolute Gasteiger partial charge is 0.360 e. The van der Waals surface area contributed by atoms with Crippen molar-refractivity contribution < 1.29 is 9.32 Å². The molecule has 0 aromatic carbocycles. The number of nitrogens with two attached hydrogens (primary N) is 1. The lowest BCUT2D eigenvalue weighted by molar-refractivity contribution is -0.126. The predicted molar refractivity (Wildman–Crippen MR) is 63.3 cm³/mol. The Hall–Kier alpha value is -1.07. The minimum Gasteiger partial charge on any atom is -0.360 e. The van der Waals surface area contributed by atoms with Crippen molar-refractivity contribution in [1.29, 1.82) is 0 Å². The molecule has 0 aliphatic heterocycles. The van der Waals surface area contributed by atoms with Gasteiger partial charge in [-0.05, 0) is 32.6 Å². The Balaban J connectivity index is 2.00. The molecule has 1 amide bonds. The Morgan fingerprint density at radius 2 is 2.12 bits per heavy atom. The van der Waals surface area contributed by atoms with Crippen molar-refractivity contribution in [2.24, 2.45) is 11.8 Å². The molecule has 17 heavy (non-hydrogen) atoms. The lowest BCUT2D eigenvalue weighted by Crippen LogP contribution is -2.37. The summed E-state index contributed by atoms with van der Waals surface area (Å²) in [5.41, 5.74) is 3.04. The van der Waals surface area contributed by atoms with Crippen LogP contribution in [0.25, 0.3) is 0 Å². The maximum absolute atomic E-state index is 11.4. The standard InChI is InChI=1S/C11H16ClN3O2/c1-6-9(12)10(15-17-6)7-2-4-8(5-3-7)11(16)14-13/h7-8H,2-5,13H2,1H3,(H,14,16). The summed E-state index contributed by atoms with van der Waals surface area (Å²) in [6.07, 6.45) is 3.42. The van der Waals surface area contributed by atoms with Crippen molar-refractivity contribution in [3.8, 4) is 0 Å². The van der Waals surface area contributed by atoms with Crippen LogP contribution in [0.15, 0.2) is 4.52 Å². The van der Waals surface area contributed by atoms with Gasteiger partial charge in [0.05, 0.1) is 0 Å². The molecule has 1 aliphatic carbocycles. The first-order valence-electron chi connectivity index (χ1n) is 5.75. The highest BCUT2D eigenvalue weighted by atomic mass is 35.5. The van der Waals surface area contributed by atoms with Crippen molar-refractivity contribution in [3.05, 3.63) is 16.5 Å². The smallest absolute Gasteiger partial charge is 0.236 e. The van der Waals surface area contributed by atoms with E-state index in [0.29, 0.717) is 16.7 Å². The highest BCUT2D eigenvalue weighted by Gasteiger charge is 2.29. The zero-order chi connectivity index (χ0) is 12.4. The highest BCUT2D eigenvalue weighted by Crippen LogP contribution is 2.38. The first-order valence-corrected chi connectivity index (χ1v) is 6.13. The van der Waals surface area contributed by atoms with Crippen molar-refractivity contribution in [1.82, 2.24) is 10.6 Å². The van der Waals surface area contributed by atoms with Gasteiger partial charge in [0.25, 0.3) is 0 Å². The van der Waals surface area contributed by atoms with Gasteiger partial charge in [-0.2, -0.15) is 0 Å². The molecule has 1 aromatic rings. The van der Waals surface area contributed by atoms with Gasteiger partial charge in [-0.25, -0.2) is 5.84 Å². The van der Waals surface area contributed by atoms with Crippen LogP contribution in [0.4, 0.5) is 0 Å². The van der Waals surface area contributed by atoms with E-state index < -0.39 is 0 Å². The van der Waals surface area contributed by atoms with Gasteiger partial charge < -0.3 is 4.52 Å². The molecule has 3 N–H and O–H groups in total. The van der Waals surface area contributed by atoms with Gasteiger partial charge in [0, 0.05) is 11.8 Å². The summed E-state index contributed by atoms with van der Waals surface area (Å²) >= 11 is 6.11. The first-order chi connectivity index (χ1) is 8.13. The van der Waals surface area contributed by atoms with E-state index in [1.54, 1.807) is 6.92 Å². The molecular weight excluding hydrogens is 242 g/mol. The van der Waals surface area contributed by atoms with E-state index in [1.165, 1.54) is 0 Å². The lowest BCUT2D eigenvalue weighted by Gasteiger charge is -2.25. The number of aromatic nitrogens is 1. The predicted octanol–water partition coefficient (Wildman–Crippen LogP) is 1.90. The summed E-state index contributed by atoms with van der Waals surface area (Å²) in [4.78, 5) is 11.4. The molecule has 1 saturated carbocycles. The molecule has 1 aromatic heterocycles. The quantitative estimate of drug-likeness (QED) is 0.482. The number of rotatable bonds is 2. The van der Waals surface area contributed by atoms with Gasteiger partial charge in [-0.1, -0.05) is 16.8 Å². The summed E-state index contributed by atoms with van der Waals surface area (Å²) in [6.45, 7) is 1.80. The lowest BCUT2D eigenvalue weighted by atomic mass is 9.80. The Bertz CT molecular complexity index is 411. The second-order valence-electron chi connectivity index (χ2n) is 4.50. The second-order valence-corrected chi connectivity index (χ2v) is 4.87. The Labute approximate surface area is 105 Å². The Kier molecular flexibility index (Phi) is 3.69. The molecule has 94 valence electrons. The van der Waals surface area contributed by atoms with E-state index in [0.717, 1.165) is 31.4 Å². The third-order valence-electron chi connectivity index (χ3n) is 3.44. The number of halogens is 1. The van der Waals surface area contributed by atoms with E-state index in [2.05, 4.69) is 10.6 Å². The normalized spacial score (nSPS) is 24.6. The number of aryl methyl sites for hydroxylation is 1. The molecule has 6 heteroatoms. The molecule has 5 nitrogen and oxygen atoms in total. The van der Waals surface area contributed by atoms with Crippen LogP contribution < -0.4 is 11.3 Å². The summed E-state index contributed by atoms with van der Waals surface area (Å²) < 4.78 is 5.06. The fourth-order valence-corrected chi connectivity index (χ4v) is 2.60. The molecule has 1 aliphatic rings. The van der Waals surface area contributed by atoms with Crippen LogP contribution in [0.1, 0.15) is 43.1 Å². The molecule has 1 fully saturated rings. The van der Waals surface area contributed by atoms with Crippen LogP contribution in [-0.4, -0.2) is 11.1 Å². The summed E-state index contributed by atoms with van der Waals surface area (Å²) in [5.74, 6) is 6.02. The molecule has 0 bridgehead atoms. The molecule has 0 saturated heterocycles. The SMILES string of the molecule is Cc1onc(C2CCC(C(=O)NN)CC2)c1Cl. The third-order valence-corrected chi connectivity index (χ3v) is 3.90. The summed E-state index contributed by atoms with van der Waals surface area (Å²) in [6, 6.07) is 0. The van der Waals surface area contributed by atoms with E-state index in [1.807, 2.05) is 0 Å². The molecule has 0 unspecified atom stereocenters. The van der Waals surface area contributed by atoms with E-state index >= 15 is 0 Å². The number of hydrogen-bond donors (Lipinski definition) is 2. The van der Waals surface area contributed by atoms with Gasteiger partial charge in [-0.3, -0.25) is 10.2 Å². The van der Waals surface area contributed by atoms with Crippen LogP contribution >= 0.6 is 11.6 Å². The molecule has 1 heterocycles. The van der Waals surface area contributed by atoms with E-state index in [4.69, 9.17) is 22.0 Å². The summed E-state index contributed by atoms with van der Waals surface area (Å²) in [5, 5.41) is 4.62. The third kappa shape index (κ3) is 2.45. The first kappa shape index (κ1) is 12.4. The van der Waals surface area contributed by atoms with Crippen LogP contribution in [0.2, 0.25) is 5.02 Å². The van der Waals surface area contributed by atoms with Crippen molar-refractivity contribution in [2.75, 3.05) is 0 Å².